The number of pyridine rings is 1. The number of halogens is 1. The highest BCUT2D eigenvalue weighted by Gasteiger charge is 2.20. The molecule has 5 rings (SSSR count). The third kappa shape index (κ3) is 4.63. The van der Waals surface area contributed by atoms with Crippen LogP contribution in [0.2, 0.25) is 0 Å². The van der Waals surface area contributed by atoms with E-state index in [4.69, 9.17) is 4.42 Å². The van der Waals surface area contributed by atoms with E-state index in [2.05, 4.69) is 63.8 Å². The Morgan fingerprint density at radius 2 is 1.74 bits per heavy atom. The Morgan fingerprint density at radius 1 is 1.06 bits per heavy atom. The number of hydrogen-bond acceptors (Lipinski definition) is 6. The van der Waals surface area contributed by atoms with Gasteiger partial charge in [-0.05, 0) is 55.8 Å². The average Bonchev–Trinajstić information content (AvgIpc) is 3.45. The lowest BCUT2D eigenvalue weighted by Gasteiger charge is -2.36. The Bertz CT molecular complexity index is 1340. The summed E-state index contributed by atoms with van der Waals surface area (Å²) in [7, 11) is 5.56. The molecule has 1 saturated heterocycles. The van der Waals surface area contributed by atoms with Crippen LogP contribution in [0.1, 0.15) is 21.6 Å². The summed E-state index contributed by atoms with van der Waals surface area (Å²) in [5.74, 6) is 0.202. The minimum atomic E-state index is -0.194. The molecule has 4 aromatic rings. The molecule has 0 atom stereocenters. The van der Waals surface area contributed by atoms with Crippen LogP contribution in [0.5, 0.6) is 0 Å². The molecule has 0 radical (unpaired) electrons. The summed E-state index contributed by atoms with van der Waals surface area (Å²) in [6.07, 6.45) is 5.12. The van der Waals surface area contributed by atoms with Crippen molar-refractivity contribution in [1.29, 1.82) is 0 Å². The summed E-state index contributed by atoms with van der Waals surface area (Å²) in [5, 5.41) is 0.904. The second-order valence-corrected chi connectivity index (χ2v) is 9.31. The highest BCUT2D eigenvalue weighted by Crippen LogP contribution is 2.34. The maximum Gasteiger partial charge on any atom is 0.275 e. The predicted octanol–water partition coefficient (Wildman–Crippen LogP) is 4.38. The summed E-state index contributed by atoms with van der Waals surface area (Å²) < 4.78 is 5.65. The second-order valence-electron chi connectivity index (χ2n) is 9.31. The Kier molecular flexibility index (Phi) is 6.87. The number of oxazole rings is 1. The molecule has 1 amide bonds. The van der Waals surface area contributed by atoms with Crippen LogP contribution in [0.25, 0.3) is 33.6 Å². The van der Waals surface area contributed by atoms with Gasteiger partial charge in [0.2, 0.25) is 5.89 Å². The Hall–Kier alpha value is -3.36. The zero-order valence-corrected chi connectivity index (χ0v) is 21.6. The van der Waals surface area contributed by atoms with Gasteiger partial charge in [-0.15, -0.1) is 12.4 Å². The molecular weight excluding hydrogens is 464 g/mol. The van der Waals surface area contributed by atoms with Gasteiger partial charge in [-0.1, -0.05) is 0 Å². The minimum Gasteiger partial charge on any atom is -0.444 e. The molecule has 0 spiro atoms. The van der Waals surface area contributed by atoms with Crippen LogP contribution in [0.4, 0.5) is 5.69 Å². The van der Waals surface area contributed by atoms with Gasteiger partial charge in [-0.25, -0.2) is 9.97 Å². The number of anilines is 1. The maximum absolute atomic E-state index is 12.2. The van der Waals surface area contributed by atoms with E-state index in [0.717, 1.165) is 53.9 Å². The van der Waals surface area contributed by atoms with Gasteiger partial charge in [0.25, 0.3) is 5.91 Å². The number of nitrogens with one attached hydrogen (secondary N) is 1. The number of aromatic amines is 1. The van der Waals surface area contributed by atoms with E-state index in [1.54, 1.807) is 14.1 Å². The quantitative estimate of drug-likeness (QED) is 0.453. The van der Waals surface area contributed by atoms with Crippen molar-refractivity contribution < 1.29 is 9.21 Å². The van der Waals surface area contributed by atoms with Crippen LogP contribution < -0.4 is 4.90 Å². The molecular formula is C26H31ClN6O2. The Labute approximate surface area is 211 Å². The molecule has 9 heteroatoms. The molecule has 1 fully saturated rings. The summed E-state index contributed by atoms with van der Waals surface area (Å²) in [4.78, 5) is 30.8. The van der Waals surface area contributed by atoms with Gasteiger partial charge in [0.15, 0.2) is 5.69 Å². The number of hydrogen-bond donors (Lipinski definition) is 1. The number of carbonyl (C=O) groups is 1. The van der Waals surface area contributed by atoms with Gasteiger partial charge >= 0.3 is 0 Å². The Balaban J connectivity index is 0.00000289. The van der Waals surface area contributed by atoms with Gasteiger partial charge in [0.1, 0.15) is 11.9 Å². The fourth-order valence-corrected chi connectivity index (χ4v) is 4.71. The van der Waals surface area contributed by atoms with Crippen molar-refractivity contribution in [3.05, 3.63) is 53.7 Å². The number of benzene rings is 1. The molecule has 4 heterocycles. The molecule has 0 saturated carbocycles. The fraction of sp³-hybridized carbons (Fsp3) is 0.346. The van der Waals surface area contributed by atoms with Crippen LogP contribution in [-0.4, -0.2) is 78.0 Å². The number of fused-ring (bicyclic) bond motifs is 1. The first kappa shape index (κ1) is 24.8. The normalized spacial score (nSPS) is 14.3. The van der Waals surface area contributed by atoms with Crippen LogP contribution in [0, 0.1) is 13.8 Å². The molecule has 0 aliphatic carbocycles. The summed E-state index contributed by atoms with van der Waals surface area (Å²) in [6.45, 7) is 8.64. The van der Waals surface area contributed by atoms with E-state index in [1.165, 1.54) is 28.0 Å². The summed E-state index contributed by atoms with van der Waals surface area (Å²) in [5.41, 5.74) is 7.85. The number of aryl methyl sites for hydroxylation is 2. The highest BCUT2D eigenvalue weighted by atomic mass is 35.5. The zero-order valence-electron chi connectivity index (χ0n) is 20.8. The van der Waals surface area contributed by atoms with Crippen molar-refractivity contribution in [2.75, 3.05) is 52.2 Å². The zero-order chi connectivity index (χ0) is 24.0. The third-order valence-corrected chi connectivity index (χ3v) is 6.53. The monoisotopic (exact) mass is 494 g/mol. The second kappa shape index (κ2) is 9.71. The lowest BCUT2D eigenvalue weighted by molar-refractivity contribution is 0.0822. The first-order valence-corrected chi connectivity index (χ1v) is 11.5. The van der Waals surface area contributed by atoms with E-state index in [1.807, 2.05) is 12.4 Å². The van der Waals surface area contributed by atoms with Crippen LogP contribution >= 0.6 is 12.4 Å². The predicted molar refractivity (Wildman–Crippen MR) is 141 cm³/mol. The number of H-pyrrole nitrogens is 1. The average molecular weight is 495 g/mol. The van der Waals surface area contributed by atoms with Gasteiger partial charge in [-0.2, -0.15) is 0 Å². The molecule has 0 unspecified atom stereocenters. The number of aromatic nitrogens is 3. The first-order valence-electron chi connectivity index (χ1n) is 11.5. The number of nitrogens with zero attached hydrogens (tertiary/aromatic N) is 5. The lowest BCUT2D eigenvalue weighted by atomic mass is 9.98. The van der Waals surface area contributed by atoms with E-state index in [-0.39, 0.29) is 24.0 Å². The fourth-order valence-electron chi connectivity index (χ4n) is 4.71. The molecule has 1 N–H and O–H groups in total. The van der Waals surface area contributed by atoms with E-state index >= 15 is 0 Å². The molecule has 1 aliphatic heterocycles. The number of piperazine rings is 1. The largest absolute Gasteiger partial charge is 0.444 e. The number of likely N-dealkylation sites (N-methyl/N-ethyl adjacent to an activating group) is 1. The highest BCUT2D eigenvalue weighted by molar-refractivity contribution is 5.96. The van der Waals surface area contributed by atoms with Crippen LogP contribution in [-0.2, 0) is 0 Å². The summed E-state index contributed by atoms with van der Waals surface area (Å²) in [6, 6.07) is 6.60. The third-order valence-electron chi connectivity index (χ3n) is 6.53. The smallest absolute Gasteiger partial charge is 0.275 e. The summed E-state index contributed by atoms with van der Waals surface area (Å²) >= 11 is 0. The van der Waals surface area contributed by atoms with E-state index in [9.17, 15) is 4.79 Å². The Morgan fingerprint density at radius 3 is 2.40 bits per heavy atom. The van der Waals surface area contributed by atoms with Crippen molar-refractivity contribution in [3.63, 3.8) is 0 Å². The van der Waals surface area contributed by atoms with E-state index in [0.29, 0.717) is 5.89 Å². The minimum absolute atomic E-state index is 0. The van der Waals surface area contributed by atoms with Crippen molar-refractivity contribution in [2.45, 2.75) is 13.8 Å². The maximum atomic E-state index is 12.2. The molecule has 0 bridgehead atoms. The van der Waals surface area contributed by atoms with Crippen molar-refractivity contribution in [1.82, 2.24) is 24.8 Å². The van der Waals surface area contributed by atoms with Gasteiger partial charge in [0.05, 0.1) is 5.56 Å². The van der Waals surface area contributed by atoms with Crippen molar-refractivity contribution >= 4 is 35.0 Å². The van der Waals surface area contributed by atoms with Gasteiger partial charge in [0, 0.05) is 69.3 Å². The molecule has 184 valence electrons. The van der Waals surface area contributed by atoms with Crippen LogP contribution in [0.3, 0.4) is 0 Å². The SMILES string of the molecule is Cc1cc(-c2cnc3[nH]cc(-c4nc(C(=O)N(C)C)co4)c3c2)cc(C)c1N1CCN(C)CC1.Cl. The van der Waals surface area contributed by atoms with Crippen molar-refractivity contribution in [3.8, 4) is 22.6 Å². The molecule has 1 aliphatic rings. The molecule has 35 heavy (non-hydrogen) atoms. The lowest BCUT2D eigenvalue weighted by Crippen LogP contribution is -2.45. The number of carbonyl (C=O) groups excluding carboxylic acids is 1. The van der Waals surface area contributed by atoms with E-state index < -0.39 is 0 Å². The van der Waals surface area contributed by atoms with Gasteiger partial charge < -0.3 is 24.1 Å². The molecule has 3 aromatic heterocycles. The standard InChI is InChI=1S/C26H30N6O2.ClH/c1-16-10-18(11-17(2)23(16)32-8-6-31(5)7-9-32)19-12-20-21(14-28-24(20)27-13-19)25-29-22(15-34-25)26(33)30(3)4;/h10-15H,6-9H2,1-5H3,(H,27,28);1H. The number of rotatable bonds is 4. The van der Waals surface area contributed by atoms with Crippen LogP contribution in [0.15, 0.2) is 41.3 Å². The topological polar surface area (TPSA) is 81.5 Å². The van der Waals surface area contributed by atoms with Crippen molar-refractivity contribution in [2.24, 2.45) is 0 Å². The molecule has 8 nitrogen and oxygen atoms in total. The first-order chi connectivity index (χ1) is 16.3. The van der Waals surface area contributed by atoms with Gasteiger partial charge in [-0.3, -0.25) is 4.79 Å². The molecule has 1 aromatic carbocycles. The number of amides is 1.